The van der Waals surface area contributed by atoms with Gasteiger partial charge in [0.05, 0.1) is 0 Å². The number of carbonyl (C=O) groups is 1. The second-order valence-electron chi connectivity index (χ2n) is 7.01. The van der Waals surface area contributed by atoms with Gasteiger partial charge in [0.2, 0.25) is 0 Å². The molecule has 0 aromatic heterocycles. The van der Waals surface area contributed by atoms with Crippen molar-refractivity contribution >= 4 is 18.0 Å². The summed E-state index contributed by atoms with van der Waals surface area (Å²) in [4.78, 5) is 13.3. The van der Waals surface area contributed by atoms with E-state index in [1.165, 1.54) is 35.9 Å². The van der Waals surface area contributed by atoms with E-state index in [-0.39, 0.29) is 0 Å². The maximum Gasteiger partial charge on any atom is 0.422 e. The maximum absolute atomic E-state index is 12.3. The lowest BCUT2D eigenvalue weighted by molar-refractivity contribution is 0.207. The zero-order chi connectivity index (χ0) is 19.6. The fraction of sp³-hybridized carbons (Fsp3) is 0.435. The van der Waals surface area contributed by atoms with Gasteiger partial charge in [0.1, 0.15) is 5.75 Å². The summed E-state index contributed by atoms with van der Waals surface area (Å²) in [6.45, 7) is 8.48. The molecule has 0 aliphatic carbocycles. The minimum Gasteiger partial charge on any atom is -0.409 e. The number of carbonyl (C=O) groups excluding carboxylic acids is 1. The molecule has 0 aliphatic heterocycles. The van der Waals surface area contributed by atoms with Crippen LogP contribution < -0.4 is 9.46 Å². The van der Waals surface area contributed by atoms with Gasteiger partial charge >= 0.3 is 6.09 Å². The first-order chi connectivity index (χ1) is 13.0. The molecule has 0 atom stereocenters. The first-order valence-electron chi connectivity index (χ1n) is 9.87. The van der Waals surface area contributed by atoms with Crippen LogP contribution in [0.15, 0.2) is 41.3 Å². The van der Waals surface area contributed by atoms with Crippen molar-refractivity contribution in [1.29, 1.82) is 0 Å². The average molecular weight is 386 g/mol. The van der Waals surface area contributed by atoms with Gasteiger partial charge in [-0.15, -0.1) is 0 Å². The SMILES string of the molecule is CCCCc1ccc(OC(=O)NSc2ccc(C)cc2C)c(CCCC)c1. The Hall–Kier alpha value is -1.94. The predicted molar refractivity (Wildman–Crippen MR) is 115 cm³/mol. The molecule has 2 rings (SSSR count). The highest BCUT2D eigenvalue weighted by Crippen LogP contribution is 2.25. The smallest absolute Gasteiger partial charge is 0.409 e. The summed E-state index contributed by atoms with van der Waals surface area (Å²) in [5.74, 6) is 0.669. The minimum absolute atomic E-state index is 0.431. The van der Waals surface area contributed by atoms with Crippen molar-refractivity contribution in [2.75, 3.05) is 0 Å². The van der Waals surface area contributed by atoms with Gasteiger partial charge in [0.15, 0.2) is 0 Å². The van der Waals surface area contributed by atoms with Crippen LogP contribution in [0.3, 0.4) is 0 Å². The zero-order valence-electron chi connectivity index (χ0n) is 16.9. The monoisotopic (exact) mass is 385 g/mol. The van der Waals surface area contributed by atoms with Gasteiger partial charge in [0, 0.05) is 4.90 Å². The molecule has 0 radical (unpaired) electrons. The van der Waals surface area contributed by atoms with Crippen LogP contribution in [0.4, 0.5) is 4.79 Å². The van der Waals surface area contributed by atoms with E-state index >= 15 is 0 Å². The molecular weight excluding hydrogens is 354 g/mol. The number of ether oxygens (including phenoxy) is 1. The van der Waals surface area contributed by atoms with E-state index in [9.17, 15) is 4.79 Å². The summed E-state index contributed by atoms with van der Waals surface area (Å²) in [5.41, 5.74) is 4.80. The van der Waals surface area contributed by atoms with Crippen molar-refractivity contribution in [1.82, 2.24) is 4.72 Å². The van der Waals surface area contributed by atoms with Crippen LogP contribution in [0, 0.1) is 13.8 Å². The van der Waals surface area contributed by atoms with Crippen molar-refractivity contribution in [3.05, 3.63) is 58.7 Å². The molecule has 146 valence electrons. The molecule has 0 unspecified atom stereocenters. The van der Waals surface area contributed by atoms with E-state index in [1.807, 2.05) is 25.1 Å². The van der Waals surface area contributed by atoms with E-state index < -0.39 is 6.09 Å². The molecule has 1 amide bonds. The molecular formula is C23H31NO2S. The Labute approximate surface area is 168 Å². The van der Waals surface area contributed by atoms with Crippen molar-refractivity contribution < 1.29 is 9.53 Å². The third-order valence-corrected chi connectivity index (χ3v) is 5.47. The van der Waals surface area contributed by atoms with Crippen LogP contribution in [-0.4, -0.2) is 6.09 Å². The van der Waals surface area contributed by atoms with Crippen LogP contribution in [0.2, 0.25) is 0 Å². The first-order valence-corrected chi connectivity index (χ1v) is 10.7. The van der Waals surface area contributed by atoms with Crippen LogP contribution in [0.25, 0.3) is 0 Å². The summed E-state index contributed by atoms with van der Waals surface area (Å²) in [5, 5.41) is 0. The summed E-state index contributed by atoms with van der Waals surface area (Å²) in [7, 11) is 0. The van der Waals surface area contributed by atoms with Gasteiger partial charge < -0.3 is 4.74 Å². The largest absolute Gasteiger partial charge is 0.422 e. The molecule has 2 aromatic rings. The van der Waals surface area contributed by atoms with Gasteiger partial charge in [-0.2, -0.15) is 0 Å². The maximum atomic E-state index is 12.3. The fourth-order valence-corrected chi connectivity index (χ4v) is 3.55. The summed E-state index contributed by atoms with van der Waals surface area (Å²) in [6, 6.07) is 12.4. The van der Waals surface area contributed by atoms with E-state index in [4.69, 9.17) is 4.74 Å². The number of unbranched alkanes of at least 4 members (excludes halogenated alkanes) is 2. The number of hydrogen-bond acceptors (Lipinski definition) is 3. The standard InChI is InChI=1S/C23H31NO2S/c1-5-7-9-19-12-13-21(20(16-19)10-8-6-2)26-23(25)24-27-22-14-11-17(3)15-18(22)4/h11-16H,5-10H2,1-4H3,(H,24,25). The average Bonchev–Trinajstić information content (AvgIpc) is 2.65. The Morgan fingerprint density at radius 2 is 1.74 bits per heavy atom. The molecule has 3 nitrogen and oxygen atoms in total. The fourth-order valence-electron chi connectivity index (χ4n) is 2.96. The van der Waals surface area contributed by atoms with Gasteiger partial charge in [-0.1, -0.05) is 56.5 Å². The van der Waals surface area contributed by atoms with Crippen molar-refractivity contribution in [3.63, 3.8) is 0 Å². The van der Waals surface area contributed by atoms with Crippen LogP contribution in [0.5, 0.6) is 5.75 Å². The minimum atomic E-state index is -0.431. The van der Waals surface area contributed by atoms with Gasteiger partial charge in [-0.3, -0.25) is 4.72 Å². The molecule has 0 spiro atoms. The Bertz CT molecular complexity index is 758. The highest BCUT2D eigenvalue weighted by molar-refractivity contribution is 7.98. The van der Waals surface area contributed by atoms with Gasteiger partial charge in [-0.05, 0) is 80.3 Å². The zero-order valence-corrected chi connectivity index (χ0v) is 17.7. The molecule has 2 aromatic carbocycles. The molecule has 0 aliphatic rings. The number of benzene rings is 2. The Morgan fingerprint density at radius 3 is 2.44 bits per heavy atom. The van der Waals surface area contributed by atoms with Crippen LogP contribution >= 0.6 is 11.9 Å². The third-order valence-electron chi connectivity index (χ3n) is 4.52. The predicted octanol–water partition coefficient (Wildman–Crippen LogP) is 6.78. The summed E-state index contributed by atoms with van der Waals surface area (Å²) >= 11 is 1.30. The van der Waals surface area contributed by atoms with Gasteiger partial charge in [0.25, 0.3) is 0 Å². The molecule has 0 bridgehead atoms. The summed E-state index contributed by atoms with van der Waals surface area (Å²) < 4.78 is 8.41. The lowest BCUT2D eigenvalue weighted by Gasteiger charge is -2.13. The van der Waals surface area contributed by atoms with E-state index in [0.29, 0.717) is 5.75 Å². The van der Waals surface area contributed by atoms with Crippen molar-refractivity contribution in [2.45, 2.75) is 71.1 Å². The number of amides is 1. The molecule has 0 saturated heterocycles. The molecule has 1 N–H and O–H groups in total. The van der Waals surface area contributed by atoms with Crippen molar-refractivity contribution in [3.8, 4) is 5.75 Å². The van der Waals surface area contributed by atoms with E-state index in [2.05, 4.69) is 43.7 Å². The second-order valence-corrected chi connectivity index (χ2v) is 7.86. The van der Waals surface area contributed by atoms with Gasteiger partial charge in [-0.25, -0.2) is 4.79 Å². The van der Waals surface area contributed by atoms with E-state index in [0.717, 1.165) is 41.7 Å². The molecule has 0 fully saturated rings. The highest BCUT2D eigenvalue weighted by Gasteiger charge is 2.11. The second kappa shape index (κ2) is 11.0. The Morgan fingerprint density at radius 1 is 1.00 bits per heavy atom. The Kier molecular flexibility index (Phi) is 8.73. The Balaban J connectivity index is 2.01. The topological polar surface area (TPSA) is 38.3 Å². The molecule has 27 heavy (non-hydrogen) atoms. The number of rotatable bonds is 9. The number of aryl methyl sites for hydroxylation is 4. The highest BCUT2D eigenvalue weighted by atomic mass is 32.2. The third kappa shape index (κ3) is 6.94. The van der Waals surface area contributed by atoms with Crippen LogP contribution in [-0.2, 0) is 12.8 Å². The van der Waals surface area contributed by atoms with Crippen molar-refractivity contribution in [2.24, 2.45) is 0 Å². The number of hydrogen-bond donors (Lipinski definition) is 1. The summed E-state index contributed by atoms with van der Waals surface area (Å²) in [6.07, 6.45) is 6.15. The lowest BCUT2D eigenvalue weighted by atomic mass is 10.0. The molecule has 4 heteroatoms. The molecule has 0 heterocycles. The normalized spacial score (nSPS) is 10.7. The van der Waals surface area contributed by atoms with Crippen LogP contribution in [0.1, 0.15) is 61.8 Å². The number of nitrogens with one attached hydrogen (secondary N) is 1. The van der Waals surface area contributed by atoms with E-state index in [1.54, 1.807) is 0 Å². The quantitative estimate of drug-likeness (QED) is 0.483. The molecule has 0 saturated carbocycles. The lowest BCUT2D eigenvalue weighted by Crippen LogP contribution is -2.21. The first kappa shape index (κ1) is 21.4.